The number of carbonyl (C=O) groups is 4. The predicted octanol–water partition coefficient (Wildman–Crippen LogP) is 9.01. The third kappa shape index (κ3) is 11.8. The molecule has 79 heavy (non-hydrogen) atoms. The number of nitrogens with one attached hydrogen (secondary N) is 2. The largest absolute Gasteiger partial charge is 0.478 e. The number of aromatic nitrogens is 8. The highest BCUT2D eigenvalue weighted by molar-refractivity contribution is 5.99. The number of rotatable bonds is 12. The van der Waals surface area contributed by atoms with Gasteiger partial charge >= 0.3 is 5.97 Å². The summed E-state index contributed by atoms with van der Waals surface area (Å²) < 4.78 is 4.14. The van der Waals surface area contributed by atoms with Crippen molar-refractivity contribution in [3.05, 3.63) is 83.7 Å². The van der Waals surface area contributed by atoms with Crippen LogP contribution < -0.4 is 10.6 Å². The van der Waals surface area contributed by atoms with Crippen LogP contribution in [0.25, 0.3) is 22.1 Å². The van der Waals surface area contributed by atoms with Gasteiger partial charge in [-0.25, -0.2) is 24.7 Å². The molecule has 6 aromatic heterocycles. The first-order valence-electron chi connectivity index (χ1n) is 28.5. The van der Waals surface area contributed by atoms with Crippen molar-refractivity contribution in [2.45, 2.75) is 120 Å². The molecule has 0 aromatic carbocycles. The Labute approximate surface area is 463 Å². The molecule has 6 fully saturated rings. The van der Waals surface area contributed by atoms with Crippen LogP contribution in [0.4, 0.5) is 23.5 Å². The van der Waals surface area contributed by atoms with Crippen LogP contribution in [-0.4, -0.2) is 174 Å². The van der Waals surface area contributed by atoms with Gasteiger partial charge in [-0.2, -0.15) is 9.97 Å². The first-order chi connectivity index (χ1) is 38.0. The zero-order valence-corrected chi connectivity index (χ0v) is 47.3. The van der Waals surface area contributed by atoms with Crippen molar-refractivity contribution in [2.24, 2.45) is 23.7 Å². The van der Waals surface area contributed by atoms with Crippen molar-refractivity contribution in [3.63, 3.8) is 0 Å². The third-order valence-corrected chi connectivity index (χ3v) is 17.6. The zero-order chi connectivity index (χ0) is 55.6. The molecule has 0 radical (unpaired) electrons. The quantitative estimate of drug-likeness (QED) is 0.104. The number of hydrogen-bond acceptors (Lipinski definition) is 14. The third-order valence-electron chi connectivity index (χ3n) is 17.6. The van der Waals surface area contributed by atoms with Gasteiger partial charge < -0.3 is 49.4 Å². The van der Waals surface area contributed by atoms with E-state index in [2.05, 4.69) is 78.1 Å². The number of carboxylic acids is 1. The van der Waals surface area contributed by atoms with Gasteiger partial charge in [-0.15, -0.1) is 0 Å². The number of nitrogens with zero attached hydrogens (tertiary/aromatic N) is 13. The average Bonchev–Trinajstić information content (AvgIpc) is 4.50. The normalized spacial score (nSPS) is 22.7. The molecule has 5 aliphatic carbocycles. The molecule has 12 rings (SSSR count). The van der Waals surface area contributed by atoms with Crippen LogP contribution in [-0.2, 0) is 0 Å². The molecule has 20 nitrogen and oxygen atoms in total. The van der Waals surface area contributed by atoms with Gasteiger partial charge in [0.1, 0.15) is 34.3 Å². The standard InChI is InChI=1S/C29H38N8O2.C20H22N6O3.C10H19N/c1-34(2)25-19-9-10-20(25)17-36(16-19)27(38)18-11-12-24(30-14-18)32-29-31-15-21-13-23(28(39)35(3)4)37(26(21)33-29)22-7-5-6-8-22;1-25(2)18(27)15-9-13-11-22-20(23-16-8-7-12(10-21-16)19(28)29)24-17(13)26(15)14-5-3-4-6-14;1-11(2)10-8-4-3-5-9(10)7-6-8/h11-15,19-20,22,25H,5-10,16-17H2,1-4H3,(H,30,31,32,33);7-11,14H,3-6H2,1-2H3,(H,28,29)(H,21,22,23,24);8-10H,3-7H2,1-2H3. The van der Waals surface area contributed by atoms with Gasteiger partial charge in [-0.1, -0.05) is 32.1 Å². The number of carbonyl (C=O) groups excluding carboxylic acids is 3. The van der Waals surface area contributed by atoms with E-state index in [0.29, 0.717) is 64.0 Å². The van der Waals surface area contributed by atoms with E-state index >= 15 is 0 Å². The van der Waals surface area contributed by atoms with Crippen molar-refractivity contribution in [3.8, 4) is 0 Å². The molecule has 3 N–H and O–H groups in total. The van der Waals surface area contributed by atoms with Crippen LogP contribution in [0.1, 0.15) is 150 Å². The van der Waals surface area contributed by atoms with E-state index in [1.165, 1.54) is 57.2 Å². The summed E-state index contributed by atoms with van der Waals surface area (Å²) in [6.45, 7) is 1.62. The summed E-state index contributed by atoms with van der Waals surface area (Å²) >= 11 is 0. The van der Waals surface area contributed by atoms with Crippen LogP contribution in [0.15, 0.2) is 61.2 Å². The molecule has 1 aliphatic heterocycles. The minimum absolute atomic E-state index is 0.0321. The first-order valence-corrected chi connectivity index (χ1v) is 28.5. The lowest BCUT2D eigenvalue weighted by Crippen LogP contribution is -2.52. The second-order valence-electron chi connectivity index (χ2n) is 23.7. The second kappa shape index (κ2) is 23.7. The van der Waals surface area contributed by atoms with E-state index in [1.54, 1.807) is 68.7 Å². The Balaban J connectivity index is 0.000000153. The highest BCUT2D eigenvalue weighted by Crippen LogP contribution is 2.44. The predicted molar refractivity (Wildman–Crippen MR) is 305 cm³/mol. The lowest BCUT2D eigenvalue weighted by atomic mass is 9.83. The summed E-state index contributed by atoms with van der Waals surface area (Å²) in [5, 5.41) is 16.8. The van der Waals surface area contributed by atoms with Crippen LogP contribution >= 0.6 is 0 Å². The Bertz CT molecular complexity index is 3110. The lowest BCUT2D eigenvalue weighted by molar-refractivity contribution is 0.0487. The molecule has 0 spiro atoms. The molecule has 4 atom stereocenters. The van der Waals surface area contributed by atoms with Gasteiger partial charge in [0.25, 0.3) is 17.7 Å². The SMILES string of the molecule is CN(C)C(=O)c1cc2cnc(Nc3ccc(C(=O)N4CC5CCC(C4)C5N(C)C)cn3)nc2n1C1CCCC1.CN(C)C(=O)c1cc2cnc(Nc3ccc(C(=O)O)cn3)nc2n1C1CCCC1.CN(C)C1C2CCCC1CC2. The fraction of sp³-hybridized carbons (Fsp3) is 0.559. The number of hydrogen-bond donors (Lipinski definition) is 3. The monoisotopic (exact) mass is 1080 g/mol. The van der Waals surface area contributed by atoms with Crippen LogP contribution in [0, 0.1) is 23.7 Å². The van der Waals surface area contributed by atoms with Gasteiger partial charge in [-0.05, 0) is 152 Å². The fourth-order valence-electron chi connectivity index (χ4n) is 14.1. The Morgan fingerprint density at radius 1 is 0.506 bits per heavy atom. The highest BCUT2D eigenvalue weighted by atomic mass is 16.4. The zero-order valence-electron chi connectivity index (χ0n) is 47.3. The first kappa shape index (κ1) is 55.3. The minimum Gasteiger partial charge on any atom is -0.478 e. The maximum atomic E-state index is 13.3. The average molecular weight is 1080 g/mol. The molecule has 20 heteroatoms. The van der Waals surface area contributed by atoms with Crippen molar-refractivity contribution in [1.29, 1.82) is 0 Å². The van der Waals surface area contributed by atoms with Gasteiger partial charge in [0.2, 0.25) is 11.9 Å². The maximum absolute atomic E-state index is 13.3. The van der Waals surface area contributed by atoms with Crippen LogP contribution in [0.3, 0.4) is 0 Å². The van der Waals surface area contributed by atoms with Crippen molar-refractivity contribution >= 4 is 69.3 Å². The molecule has 5 saturated carbocycles. The van der Waals surface area contributed by atoms with Gasteiger partial charge in [-0.3, -0.25) is 14.4 Å². The Kier molecular flexibility index (Phi) is 16.6. The summed E-state index contributed by atoms with van der Waals surface area (Å²) in [4.78, 5) is 86.8. The van der Waals surface area contributed by atoms with Crippen LogP contribution in [0.5, 0.6) is 0 Å². The van der Waals surface area contributed by atoms with Crippen LogP contribution in [0.2, 0.25) is 0 Å². The molecular weight excluding hydrogens is 999 g/mol. The van der Waals surface area contributed by atoms with Crippen molar-refractivity contribution in [1.82, 2.24) is 63.5 Å². The summed E-state index contributed by atoms with van der Waals surface area (Å²) in [7, 11) is 15.8. The van der Waals surface area contributed by atoms with E-state index in [-0.39, 0.29) is 35.4 Å². The number of amides is 3. The smallest absolute Gasteiger partial charge is 0.337 e. The summed E-state index contributed by atoms with van der Waals surface area (Å²) in [5.41, 5.74) is 3.44. The number of carboxylic acid groups (broad SMARTS) is 1. The number of likely N-dealkylation sites (tertiary alicyclic amines) is 1. The minimum atomic E-state index is -1.03. The van der Waals surface area contributed by atoms with E-state index < -0.39 is 5.97 Å². The number of pyridine rings is 2. The molecule has 4 bridgehead atoms. The molecule has 6 aliphatic rings. The van der Waals surface area contributed by atoms with Gasteiger partial charge in [0.05, 0.1) is 11.1 Å². The number of piperidine rings is 1. The number of fused-ring (bicyclic) bond motifs is 6. The molecule has 3 amide bonds. The fourth-order valence-corrected chi connectivity index (χ4v) is 14.1. The van der Waals surface area contributed by atoms with E-state index in [9.17, 15) is 19.2 Å². The molecular formula is C59H79N15O5. The topological polar surface area (TPSA) is 216 Å². The van der Waals surface area contributed by atoms with E-state index in [4.69, 9.17) is 10.1 Å². The van der Waals surface area contributed by atoms with Crippen molar-refractivity contribution in [2.75, 3.05) is 80.1 Å². The molecule has 1 saturated heterocycles. The lowest BCUT2D eigenvalue weighted by Gasteiger charge is -2.41. The maximum Gasteiger partial charge on any atom is 0.337 e. The van der Waals surface area contributed by atoms with E-state index in [1.807, 2.05) is 27.7 Å². The summed E-state index contributed by atoms with van der Waals surface area (Å²) in [6.07, 6.45) is 24.9. The Morgan fingerprint density at radius 2 is 0.924 bits per heavy atom. The Morgan fingerprint density at radius 3 is 1.30 bits per heavy atom. The van der Waals surface area contributed by atoms with Crippen molar-refractivity contribution < 1.29 is 24.3 Å². The number of aromatic carboxylic acids is 1. The highest BCUT2D eigenvalue weighted by Gasteiger charge is 2.44. The summed E-state index contributed by atoms with van der Waals surface area (Å²) in [6, 6.07) is 12.4. The second-order valence-corrected chi connectivity index (χ2v) is 23.7. The van der Waals surface area contributed by atoms with E-state index in [0.717, 1.165) is 98.8 Å². The Hall–Kier alpha value is -7.06. The molecule has 4 unspecified atom stereocenters. The summed E-state index contributed by atoms with van der Waals surface area (Å²) in [5.74, 6) is 3.87. The molecule has 7 heterocycles. The molecule has 6 aromatic rings. The van der Waals surface area contributed by atoms with Gasteiger partial charge in [0, 0.05) is 101 Å². The van der Waals surface area contributed by atoms with Gasteiger partial charge in [0.15, 0.2) is 0 Å². The molecule has 420 valence electrons. The number of anilines is 4.